The maximum absolute atomic E-state index is 12.6. The Kier molecular flexibility index (Phi) is 5.10. The fourth-order valence-electron chi connectivity index (χ4n) is 4.86. The molecule has 148 valence electrons. The zero-order chi connectivity index (χ0) is 19.8. The lowest BCUT2D eigenvalue weighted by atomic mass is 9.81. The van der Waals surface area contributed by atoms with Crippen LogP contribution in [0.5, 0.6) is 0 Å². The summed E-state index contributed by atoms with van der Waals surface area (Å²) in [5.41, 5.74) is 0.430. The lowest BCUT2D eigenvalue weighted by Gasteiger charge is -2.19. The number of likely N-dealkylation sites (tertiary alicyclic amines) is 1. The number of esters is 1. The van der Waals surface area contributed by atoms with Crippen LogP contribution >= 0.6 is 11.6 Å². The highest BCUT2D eigenvalue weighted by molar-refractivity contribution is 6.33. The molecule has 0 spiro atoms. The van der Waals surface area contributed by atoms with E-state index in [2.05, 4.69) is 5.32 Å². The van der Waals surface area contributed by atoms with Crippen LogP contribution in [0.4, 0.5) is 5.69 Å². The van der Waals surface area contributed by atoms with E-state index in [4.69, 9.17) is 16.3 Å². The molecule has 0 radical (unpaired) electrons. The normalized spacial score (nSPS) is 27.8. The van der Waals surface area contributed by atoms with Gasteiger partial charge in [-0.05, 0) is 43.2 Å². The van der Waals surface area contributed by atoms with Gasteiger partial charge in [-0.1, -0.05) is 23.7 Å². The number of hydrogen-bond donors (Lipinski definition) is 1. The molecule has 1 heterocycles. The zero-order valence-corrected chi connectivity index (χ0v) is 16.0. The van der Waals surface area contributed by atoms with Crippen LogP contribution in [0.15, 0.2) is 24.3 Å². The SMILES string of the molecule is O=C(COC(=O)CCN1C(=O)[C@@H]2[C@@H]3CC[C@H](C3)[C@@H]2C1=O)Nc1ccccc1Cl. The van der Waals surface area contributed by atoms with Gasteiger partial charge in [-0.25, -0.2) is 0 Å². The Morgan fingerprint density at radius 3 is 2.39 bits per heavy atom. The minimum Gasteiger partial charge on any atom is -0.456 e. The summed E-state index contributed by atoms with van der Waals surface area (Å²) in [7, 11) is 0. The average molecular weight is 405 g/mol. The van der Waals surface area contributed by atoms with Crippen LogP contribution in [0, 0.1) is 23.7 Å². The van der Waals surface area contributed by atoms with E-state index in [1.165, 1.54) is 4.90 Å². The summed E-state index contributed by atoms with van der Waals surface area (Å²) >= 11 is 5.95. The van der Waals surface area contributed by atoms with E-state index in [1.807, 2.05) is 0 Å². The average Bonchev–Trinajstić information content (AvgIpc) is 3.35. The van der Waals surface area contributed by atoms with Crippen LogP contribution in [-0.4, -0.2) is 41.7 Å². The van der Waals surface area contributed by atoms with Crippen molar-refractivity contribution < 1.29 is 23.9 Å². The number of amides is 3. The third-order valence-electron chi connectivity index (χ3n) is 6.07. The second-order valence-electron chi connectivity index (χ2n) is 7.65. The van der Waals surface area contributed by atoms with E-state index in [9.17, 15) is 19.2 Å². The molecule has 2 saturated carbocycles. The highest BCUT2D eigenvalue weighted by Crippen LogP contribution is 2.56. The van der Waals surface area contributed by atoms with Gasteiger partial charge in [0, 0.05) is 6.54 Å². The van der Waals surface area contributed by atoms with Crippen molar-refractivity contribution in [1.82, 2.24) is 4.90 Å². The van der Waals surface area contributed by atoms with Crippen molar-refractivity contribution in [2.75, 3.05) is 18.5 Å². The molecule has 2 aliphatic carbocycles. The first-order valence-electron chi connectivity index (χ1n) is 9.51. The van der Waals surface area contributed by atoms with Gasteiger partial charge in [0.05, 0.1) is 29.0 Å². The number of hydrogen-bond acceptors (Lipinski definition) is 5. The van der Waals surface area contributed by atoms with Crippen LogP contribution in [0.3, 0.4) is 0 Å². The van der Waals surface area contributed by atoms with Gasteiger partial charge < -0.3 is 10.1 Å². The number of fused-ring (bicyclic) bond motifs is 5. The number of rotatable bonds is 6. The number of nitrogens with zero attached hydrogens (tertiary/aromatic N) is 1. The molecule has 28 heavy (non-hydrogen) atoms. The fraction of sp³-hybridized carbons (Fsp3) is 0.500. The Morgan fingerprint density at radius 1 is 1.11 bits per heavy atom. The lowest BCUT2D eigenvalue weighted by molar-refractivity contribution is -0.149. The number of nitrogens with one attached hydrogen (secondary N) is 1. The summed E-state index contributed by atoms with van der Waals surface area (Å²) in [4.78, 5) is 50.2. The number of benzene rings is 1. The topological polar surface area (TPSA) is 92.8 Å². The van der Waals surface area contributed by atoms with Crippen molar-refractivity contribution in [3.63, 3.8) is 0 Å². The van der Waals surface area contributed by atoms with Crippen molar-refractivity contribution in [2.45, 2.75) is 25.7 Å². The van der Waals surface area contributed by atoms with Crippen LogP contribution in [0.25, 0.3) is 0 Å². The summed E-state index contributed by atoms with van der Waals surface area (Å²) in [5, 5.41) is 2.94. The summed E-state index contributed by atoms with van der Waals surface area (Å²) in [6.07, 6.45) is 2.89. The van der Waals surface area contributed by atoms with Gasteiger partial charge in [0.1, 0.15) is 0 Å². The number of carbonyl (C=O) groups excluding carboxylic acids is 4. The van der Waals surface area contributed by atoms with E-state index in [0.29, 0.717) is 22.5 Å². The van der Waals surface area contributed by atoms with E-state index in [-0.39, 0.29) is 36.6 Å². The standard InChI is InChI=1S/C20H21ClN2O5/c21-13-3-1-2-4-14(13)22-15(24)10-28-16(25)7-8-23-19(26)17-11-5-6-12(9-11)18(17)20(23)27/h1-4,11-12,17-18H,5-10H2,(H,22,24)/t11-,12-,17-,18+/m1/s1. The molecule has 1 aromatic carbocycles. The smallest absolute Gasteiger partial charge is 0.308 e. The first-order valence-corrected chi connectivity index (χ1v) is 9.88. The van der Waals surface area contributed by atoms with Crippen LogP contribution in [-0.2, 0) is 23.9 Å². The predicted octanol–water partition coefficient (Wildman–Crippen LogP) is 2.24. The fourth-order valence-corrected chi connectivity index (χ4v) is 5.04. The maximum atomic E-state index is 12.6. The van der Waals surface area contributed by atoms with Gasteiger partial charge in [-0.3, -0.25) is 24.1 Å². The monoisotopic (exact) mass is 404 g/mol. The molecule has 1 N–H and O–H groups in total. The minimum absolute atomic E-state index is 0.00900. The second kappa shape index (κ2) is 7.54. The van der Waals surface area contributed by atoms with Crippen LogP contribution in [0.1, 0.15) is 25.7 Å². The zero-order valence-electron chi connectivity index (χ0n) is 15.2. The summed E-state index contributed by atoms with van der Waals surface area (Å²) < 4.78 is 4.95. The van der Waals surface area contributed by atoms with Crippen molar-refractivity contribution in [3.05, 3.63) is 29.3 Å². The molecule has 1 aromatic rings. The first-order chi connectivity index (χ1) is 13.5. The Morgan fingerprint density at radius 2 is 1.75 bits per heavy atom. The molecule has 3 aliphatic rings. The molecule has 7 nitrogen and oxygen atoms in total. The Balaban J connectivity index is 1.24. The van der Waals surface area contributed by atoms with Crippen molar-refractivity contribution >= 4 is 41.0 Å². The Bertz CT molecular complexity index is 814. The molecule has 2 bridgehead atoms. The van der Waals surface area contributed by atoms with Crippen molar-refractivity contribution in [1.29, 1.82) is 0 Å². The summed E-state index contributed by atoms with van der Waals surface area (Å²) in [6, 6.07) is 6.73. The highest BCUT2D eigenvalue weighted by atomic mass is 35.5. The van der Waals surface area contributed by atoms with Gasteiger partial charge in [0.25, 0.3) is 5.91 Å². The number of carbonyl (C=O) groups is 4. The molecule has 1 saturated heterocycles. The third-order valence-corrected chi connectivity index (χ3v) is 6.40. The van der Waals surface area contributed by atoms with E-state index in [1.54, 1.807) is 24.3 Å². The maximum Gasteiger partial charge on any atom is 0.308 e. The lowest BCUT2D eigenvalue weighted by Crippen LogP contribution is -2.35. The molecule has 8 heteroatoms. The molecule has 4 atom stereocenters. The van der Waals surface area contributed by atoms with Gasteiger partial charge in [-0.2, -0.15) is 0 Å². The van der Waals surface area contributed by atoms with E-state index >= 15 is 0 Å². The predicted molar refractivity (Wildman–Crippen MR) is 100 cm³/mol. The van der Waals surface area contributed by atoms with E-state index < -0.39 is 18.5 Å². The molecule has 1 aliphatic heterocycles. The quantitative estimate of drug-likeness (QED) is 0.579. The third kappa shape index (κ3) is 3.39. The number of anilines is 1. The second-order valence-corrected chi connectivity index (χ2v) is 8.06. The van der Waals surface area contributed by atoms with Crippen molar-refractivity contribution in [2.24, 2.45) is 23.7 Å². The number of ether oxygens (including phenoxy) is 1. The van der Waals surface area contributed by atoms with Crippen molar-refractivity contribution in [3.8, 4) is 0 Å². The van der Waals surface area contributed by atoms with Gasteiger partial charge in [0.2, 0.25) is 11.8 Å². The number of halogens is 1. The van der Waals surface area contributed by atoms with Gasteiger partial charge in [-0.15, -0.1) is 0 Å². The number of para-hydroxylation sites is 1. The molecular formula is C20H21ClN2O5. The molecule has 4 rings (SSSR count). The number of imide groups is 1. The molecule has 3 amide bonds. The Labute approximate surface area is 167 Å². The molecule has 0 aromatic heterocycles. The highest BCUT2D eigenvalue weighted by Gasteiger charge is 2.60. The molecular weight excluding hydrogens is 384 g/mol. The minimum atomic E-state index is -0.630. The molecule has 0 unspecified atom stereocenters. The largest absolute Gasteiger partial charge is 0.456 e. The van der Waals surface area contributed by atoms with Crippen LogP contribution < -0.4 is 5.32 Å². The molecule has 3 fully saturated rings. The van der Waals surface area contributed by atoms with Crippen LogP contribution in [0.2, 0.25) is 5.02 Å². The summed E-state index contributed by atoms with van der Waals surface area (Å²) in [6.45, 7) is -0.448. The van der Waals surface area contributed by atoms with Gasteiger partial charge in [0.15, 0.2) is 6.61 Å². The first kappa shape index (κ1) is 18.9. The summed E-state index contributed by atoms with van der Waals surface area (Å²) in [5.74, 6) is -1.19. The van der Waals surface area contributed by atoms with Gasteiger partial charge >= 0.3 is 5.97 Å². The van der Waals surface area contributed by atoms with E-state index in [0.717, 1.165) is 19.3 Å². The Hall–Kier alpha value is -2.41.